The Labute approximate surface area is 202 Å². The molecule has 0 saturated heterocycles. The van der Waals surface area contributed by atoms with Crippen LogP contribution >= 0.6 is 0 Å². The second kappa shape index (κ2) is 9.74. The molecule has 1 amide bonds. The van der Waals surface area contributed by atoms with Crippen molar-refractivity contribution < 1.29 is 23.1 Å². The van der Waals surface area contributed by atoms with Gasteiger partial charge >= 0.3 is 0 Å². The van der Waals surface area contributed by atoms with Crippen LogP contribution < -0.4 is 10.9 Å². The van der Waals surface area contributed by atoms with E-state index in [1.807, 2.05) is 0 Å². The molecule has 0 fully saturated rings. The smallest absolute Gasteiger partial charge is 0.298 e. The topological polar surface area (TPSA) is 115 Å². The van der Waals surface area contributed by atoms with Crippen molar-refractivity contribution in [2.75, 3.05) is 6.61 Å². The third-order valence-electron chi connectivity index (χ3n) is 5.57. The number of nitrogens with one attached hydrogen (secondary N) is 1. The van der Waals surface area contributed by atoms with Crippen LogP contribution in [0.5, 0.6) is 0 Å². The minimum atomic E-state index is -3.78. The van der Waals surface area contributed by atoms with Gasteiger partial charge in [0.2, 0.25) is 0 Å². The van der Waals surface area contributed by atoms with Gasteiger partial charge in [-0.15, -0.1) is 5.10 Å². The SMILES string of the molecule is C[C@@H](NC(=O)c1ccc(=O)n(-c2cccc(-c3cnnn3C)c2)n1)c1cccc(C(F)(F)CO)c1F. The lowest BCUT2D eigenvalue weighted by molar-refractivity contribution is -0.0584. The average Bonchev–Trinajstić information content (AvgIpc) is 3.30. The molecule has 9 nitrogen and oxygen atoms in total. The quantitative estimate of drug-likeness (QED) is 0.405. The van der Waals surface area contributed by atoms with Crippen LogP contribution in [0, 0.1) is 5.82 Å². The van der Waals surface area contributed by atoms with Crippen LogP contribution in [0.15, 0.2) is 65.6 Å². The summed E-state index contributed by atoms with van der Waals surface area (Å²) in [5.41, 5.74) is -0.0167. The van der Waals surface area contributed by atoms with Gasteiger partial charge in [-0.2, -0.15) is 18.6 Å². The number of nitrogens with zero attached hydrogens (tertiary/aromatic N) is 5. The van der Waals surface area contributed by atoms with Gasteiger partial charge in [0.15, 0.2) is 0 Å². The van der Waals surface area contributed by atoms with E-state index in [-0.39, 0.29) is 11.3 Å². The molecule has 0 aliphatic rings. The van der Waals surface area contributed by atoms with E-state index < -0.39 is 41.4 Å². The van der Waals surface area contributed by atoms with Gasteiger partial charge in [-0.05, 0) is 31.2 Å². The average molecular weight is 498 g/mol. The number of aromatic nitrogens is 5. The number of aliphatic hydroxyl groups is 1. The first-order valence-electron chi connectivity index (χ1n) is 10.8. The highest BCUT2D eigenvalue weighted by Gasteiger charge is 2.35. The van der Waals surface area contributed by atoms with Crippen molar-refractivity contribution in [3.8, 4) is 16.9 Å². The molecular formula is C24H21F3N6O3. The highest BCUT2D eigenvalue weighted by Crippen LogP contribution is 2.32. The molecule has 2 heterocycles. The maximum atomic E-state index is 14.8. The molecule has 0 unspecified atom stereocenters. The summed E-state index contributed by atoms with van der Waals surface area (Å²) in [5.74, 6) is -5.76. The Hall–Kier alpha value is -4.32. The molecule has 1 atom stereocenters. The number of carbonyl (C=O) groups excluding carboxylic acids is 1. The van der Waals surface area contributed by atoms with Crippen LogP contribution in [0.25, 0.3) is 16.9 Å². The molecule has 0 aliphatic heterocycles. The highest BCUT2D eigenvalue weighted by molar-refractivity contribution is 5.92. The van der Waals surface area contributed by atoms with Crippen molar-refractivity contribution in [3.05, 3.63) is 93.8 Å². The number of aliphatic hydroxyl groups excluding tert-OH is 1. The molecule has 0 saturated carbocycles. The second-order valence-corrected chi connectivity index (χ2v) is 8.03. The van der Waals surface area contributed by atoms with Gasteiger partial charge in [0.1, 0.15) is 18.1 Å². The summed E-state index contributed by atoms with van der Waals surface area (Å²) in [6.45, 7) is -0.142. The molecule has 2 aromatic heterocycles. The van der Waals surface area contributed by atoms with Crippen LogP contribution in [0.1, 0.15) is 34.6 Å². The summed E-state index contributed by atoms with van der Waals surface area (Å²) in [6.07, 6.45) is 1.56. The number of amides is 1. The van der Waals surface area contributed by atoms with Crippen molar-refractivity contribution in [2.24, 2.45) is 7.05 Å². The third kappa shape index (κ3) is 4.75. The van der Waals surface area contributed by atoms with E-state index in [1.54, 1.807) is 42.2 Å². The molecule has 4 rings (SSSR count). The van der Waals surface area contributed by atoms with E-state index in [2.05, 4.69) is 20.7 Å². The number of carbonyl (C=O) groups is 1. The monoisotopic (exact) mass is 498 g/mol. The van der Waals surface area contributed by atoms with E-state index in [4.69, 9.17) is 5.11 Å². The minimum Gasteiger partial charge on any atom is -0.390 e. The van der Waals surface area contributed by atoms with Crippen LogP contribution in [0.4, 0.5) is 13.2 Å². The van der Waals surface area contributed by atoms with Gasteiger partial charge in [0.25, 0.3) is 17.4 Å². The zero-order valence-corrected chi connectivity index (χ0v) is 19.2. The van der Waals surface area contributed by atoms with E-state index in [0.29, 0.717) is 16.9 Å². The molecule has 0 aliphatic carbocycles. The summed E-state index contributed by atoms with van der Waals surface area (Å²) in [5, 5.41) is 23.2. The Bertz CT molecular complexity index is 1480. The zero-order chi connectivity index (χ0) is 26.0. The Morgan fingerprint density at radius 3 is 2.61 bits per heavy atom. The molecule has 4 aromatic rings. The van der Waals surface area contributed by atoms with E-state index in [1.165, 1.54) is 25.1 Å². The van der Waals surface area contributed by atoms with Crippen LogP contribution in [-0.2, 0) is 13.0 Å². The van der Waals surface area contributed by atoms with Gasteiger partial charge in [-0.3, -0.25) is 9.59 Å². The molecule has 2 N–H and O–H groups in total. The summed E-state index contributed by atoms with van der Waals surface area (Å²) in [4.78, 5) is 25.4. The summed E-state index contributed by atoms with van der Waals surface area (Å²) < 4.78 is 45.1. The van der Waals surface area contributed by atoms with Crippen molar-refractivity contribution in [1.29, 1.82) is 0 Å². The number of aryl methyl sites for hydroxylation is 1. The molecule has 2 aromatic carbocycles. The molecule has 36 heavy (non-hydrogen) atoms. The van der Waals surface area contributed by atoms with Crippen molar-refractivity contribution in [2.45, 2.75) is 18.9 Å². The third-order valence-corrected chi connectivity index (χ3v) is 5.57. The first-order valence-corrected chi connectivity index (χ1v) is 10.8. The minimum absolute atomic E-state index is 0.147. The second-order valence-electron chi connectivity index (χ2n) is 8.03. The van der Waals surface area contributed by atoms with Gasteiger partial charge in [-0.25, -0.2) is 9.07 Å². The van der Waals surface area contributed by atoms with Gasteiger partial charge in [-0.1, -0.05) is 29.5 Å². The number of halogens is 3. The van der Waals surface area contributed by atoms with Crippen molar-refractivity contribution >= 4 is 5.91 Å². The molecule has 12 heteroatoms. The van der Waals surface area contributed by atoms with Crippen LogP contribution in [-0.4, -0.2) is 42.4 Å². The molecule has 0 radical (unpaired) electrons. The lowest BCUT2D eigenvalue weighted by atomic mass is 10.0. The van der Waals surface area contributed by atoms with Gasteiger partial charge in [0, 0.05) is 24.2 Å². The normalized spacial score (nSPS) is 12.4. The van der Waals surface area contributed by atoms with Gasteiger partial charge in [0.05, 0.1) is 29.2 Å². The maximum absolute atomic E-state index is 14.8. The Balaban J connectivity index is 1.62. The molecule has 0 bridgehead atoms. The Morgan fingerprint density at radius 2 is 1.92 bits per heavy atom. The maximum Gasteiger partial charge on any atom is 0.298 e. The van der Waals surface area contributed by atoms with Crippen molar-refractivity contribution in [1.82, 2.24) is 30.1 Å². The molecular weight excluding hydrogens is 477 g/mol. The van der Waals surface area contributed by atoms with Gasteiger partial charge < -0.3 is 10.4 Å². The fraction of sp³-hybridized carbons (Fsp3) is 0.208. The van der Waals surface area contributed by atoms with E-state index in [0.717, 1.165) is 16.8 Å². The first-order chi connectivity index (χ1) is 17.1. The fourth-order valence-corrected chi connectivity index (χ4v) is 3.67. The summed E-state index contributed by atoms with van der Waals surface area (Å²) in [7, 11) is 1.72. The lowest BCUT2D eigenvalue weighted by Crippen LogP contribution is -2.31. The predicted octanol–water partition coefficient (Wildman–Crippen LogP) is 2.74. The lowest BCUT2D eigenvalue weighted by Gasteiger charge is -2.20. The standard InChI is InChI=1S/C24H21F3N6O3/c1-14(17-7-4-8-18(22(17)25)24(26,27)13-34)29-23(36)19-9-10-21(35)33(30-19)16-6-3-5-15(11-16)20-12-28-31-32(20)2/h3-12,14,34H,13H2,1-2H3,(H,29,36)/t14-/m1/s1. The number of rotatable bonds is 7. The number of hydrogen-bond donors (Lipinski definition) is 2. The Morgan fingerprint density at radius 1 is 1.17 bits per heavy atom. The molecule has 186 valence electrons. The number of hydrogen-bond acceptors (Lipinski definition) is 6. The van der Waals surface area contributed by atoms with Crippen LogP contribution in [0.2, 0.25) is 0 Å². The largest absolute Gasteiger partial charge is 0.390 e. The predicted molar refractivity (Wildman–Crippen MR) is 123 cm³/mol. The number of alkyl halides is 2. The fourth-order valence-electron chi connectivity index (χ4n) is 3.67. The summed E-state index contributed by atoms with van der Waals surface area (Å²) in [6, 6.07) is 11.5. The Kier molecular flexibility index (Phi) is 6.71. The summed E-state index contributed by atoms with van der Waals surface area (Å²) >= 11 is 0. The highest BCUT2D eigenvalue weighted by atomic mass is 19.3. The van der Waals surface area contributed by atoms with E-state index in [9.17, 15) is 22.8 Å². The van der Waals surface area contributed by atoms with E-state index >= 15 is 0 Å². The molecule has 0 spiro atoms. The van der Waals surface area contributed by atoms with Crippen LogP contribution in [0.3, 0.4) is 0 Å². The zero-order valence-electron chi connectivity index (χ0n) is 19.2. The first kappa shape index (κ1) is 24.8. The number of benzene rings is 2. The van der Waals surface area contributed by atoms with Crippen molar-refractivity contribution in [3.63, 3.8) is 0 Å².